The van der Waals surface area contributed by atoms with Gasteiger partial charge in [0.2, 0.25) is 0 Å². The summed E-state index contributed by atoms with van der Waals surface area (Å²) in [5.74, 6) is 0.570. The maximum atomic E-state index is 5.51. The number of hydrogen-bond donors (Lipinski definition) is 1. The fourth-order valence-corrected chi connectivity index (χ4v) is 2.93. The molecule has 0 saturated carbocycles. The Labute approximate surface area is 114 Å². The monoisotopic (exact) mass is 256 g/mol. The number of nitrogens with one attached hydrogen (secondary N) is 1. The van der Waals surface area contributed by atoms with Gasteiger partial charge in [0, 0.05) is 29.6 Å². The molecular weight excluding hydrogens is 236 g/mol. The van der Waals surface area contributed by atoms with Gasteiger partial charge in [-0.15, -0.1) is 0 Å². The summed E-state index contributed by atoms with van der Waals surface area (Å²) >= 11 is 0. The second kappa shape index (κ2) is 5.27. The van der Waals surface area contributed by atoms with Gasteiger partial charge in [-0.1, -0.05) is 12.1 Å². The van der Waals surface area contributed by atoms with Crippen molar-refractivity contribution in [3.63, 3.8) is 0 Å². The van der Waals surface area contributed by atoms with E-state index in [2.05, 4.69) is 40.6 Å². The Morgan fingerprint density at radius 2 is 2.21 bits per heavy atom. The molecule has 1 saturated heterocycles. The third-order valence-electron chi connectivity index (χ3n) is 3.96. The first-order valence-corrected chi connectivity index (χ1v) is 6.90. The highest BCUT2D eigenvalue weighted by Gasteiger charge is 2.25. The van der Waals surface area contributed by atoms with Gasteiger partial charge < -0.3 is 10.1 Å². The van der Waals surface area contributed by atoms with Gasteiger partial charge >= 0.3 is 0 Å². The SMILES string of the molecule is CNC(c1ccc2nc(C)ccc2c1)C1CCOC1. The van der Waals surface area contributed by atoms with Crippen molar-refractivity contribution in [2.45, 2.75) is 19.4 Å². The number of pyridine rings is 1. The predicted molar refractivity (Wildman–Crippen MR) is 77.2 cm³/mol. The normalized spacial score (nSPS) is 20.8. The quantitative estimate of drug-likeness (QED) is 0.917. The van der Waals surface area contributed by atoms with E-state index in [1.165, 1.54) is 10.9 Å². The van der Waals surface area contributed by atoms with Gasteiger partial charge in [0.15, 0.2) is 0 Å². The first-order valence-electron chi connectivity index (χ1n) is 6.90. The van der Waals surface area contributed by atoms with Crippen LogP contribution in [0.4, 0.5) is 0 Å². The predicted octanol–water partition coefficient (Wildman–Crippen LogP) is 2.84. The van der Waals surface area contributed by atoms with Crippen LogP contribution in [0.1, 0.15) is 23.7 Å². The van der Waals surface area contributed by atoms with Crippen molar-refractivity contribution in [3.05, 3.63) is 41.6 Å². The van der Waals surface area contributed by atoms with Gasteiger partial charge in [-0.25, -0.2) is 0 Å². The number of nitrogens with zero attached hydrogens (tertiary/aromatic N) is 1. The molecule has 1 aromatic carbocycles. The first-order chi connectivity index (χ1) is 9.28. The molecule has 0 bridgehead atoms. The Morgan fingerprint density at radius 3 is 2.95 bits per heavy atom. The van der Waals surface area contributed by atoms with Crippen LogP contribution < -0.4 is 5.32 Å². The van der Waals surface area contributed by atoms with Crippen molar-refractivity contribution >= 4 is 10.9 Å². The molecule has 0 radical (unpaired) electrons. The third kappa shape index (κ3) is 2.48. The van der Waals surface area contributed by atoms with Crippen LogP contribution in [-0.4, -0.2) is 25.2 Å². The topological polar surface area (TPSA) is 34.2 Å². The van der Waals surface area contributed by atoms with Crippen LogP contribution >= 0.6 is 0 Å². The van der Waals surface area contributed by atoms with Gasteiger partial charge in [0.1, 0.15) is 0 Å². The zero-order valence-corrected chi connectivity index (χ0v) is 11.5. The lowest BCUT2D eigenvalue weighted by molar-refractivity contribution is 0.178. The van der Waals surface area contributed by atoms with Crippen molar-refractivity contribution in [2.75, 3.05) is 20.3 Å². The van der Waals surface area contributed by atoms with Crippen LogP contribution in [0, 0.1) is 12.8 Å². The minimum atomic E-state index is 0.369. The largest absolute Gasteiger partial charge is 0.381 e. The van der Waals surface area contributed by atoms with Crippen molar-refractivity contribution in [1.82, 2.24) is 10.3 Å². The van der Waals surface area contributed by atoms with Crippen LogP contribution in [0.25, 0.3) is 10.9 Å². The molecule has 0 aliphatic carbocycles. The van der Waals surface area contributed by atoms with Crippen LogP contribution in [0.15, 0.2) is 30.3 Å². The highest BCUT2D eigenvalue weighted by atomic mass is 16.5. The Morgan fingerprint density at radius 1 is 1.32 bits per heavy atom. The fraction of sp³-hybridized carbons (Fsp3) is 0.438. The number of aryl methyl sites for hydroxylation is 1. The molecule has 2 atom stereocenters. The molecule has 100 valence electrons. The van der Waals surface area contributed by atoms with E-state index in [1.54, 1.807) is 0 Å². The van der Waals surface area contributed by atoms with Crippen LogP contribution in [-0.2, 0) is 4.74 Å². The fourth-order valence-electron chi connectivity index (χ4n) is 2.93. The maximum Gasteiger partial charge on any atom is 0.0705 e. The molecular formula is C16H20N2O. The van der Waals surface area contributed by atoms with Gasteiger partial charge in [-0.2, -0.15) is 0 Å². The molecule has 2 heterocycles. The summed E-state index contributed by atoms with van der Waals surface area (Å²) in [6.07, 6.45) is 1.13. The van der Waals surface area contributed by atoms with Gasteiger partial charge in [0.25, 0.3) is 0 Å². The Balaban J connectivity index is 1.96. The summed E-state index contributed by atoms with van der Waals surface area (Å²) in [6, 6.07) is 11.2. The molecule has 1 aliphatic heterocycles. The Hall–Kier alpha value is -1.45. The van der Waals surface area contributed by atoms with Gasteiger partial charge in [-0.3, -0.25) is 4.98 Å². The molecule has 1 N–H and O–H groups in total. The molecule has 0 amide bonds. The minimum Gasteiger partial charge on any atom is -0.381 e. The van der Waals surface area contributed by atoms with E-state index in [1.807, 2.05) is 14.0 Å². The van der Waals surface area contributed by atoms with E-state index in [-0.39, 0.29) is 0 Å². The molecule has 3 nitrogen and oxygen atoms in total. The van der Waals surface area contributed by atoms with E-state index >= 15 is 0 Å². The highest BCUT2D eigenvalue weighted by molar-refractivity contribution is 5.79. The molecule has 19 heavy (non-hydrogen) atoms. The lowest BCUT2D eigenvalue weighted by atomic mass is 9.91. The van der Waals surface area contributed by atoms with E-state index < -0.39 is 0 Å². The number of rotatable bonds is 3. The molecule has 1 aliphatic rings. The summed E-state index contributed by atoms with van der Waals surface area (Å²) < 4.78 is 5.51. The lowest BCUT2D eigenvalue weighted by Gasteiger charge is -2.22. The summed E-state index contributed by atoms with van der Waals surface area (Å²) in [4.78, 5) is 4.55. The average molecular weight is 256 g/mol. The minimum absolute atomic E-state index is 0.369. The zero-order valence-electron chi connectivity index (χ0n) is 11.5. The van der Waals surface area contributed by atoms with Gasteiger partial charge in [-0.05, 0) is 44.2 Å². The second-order valence-electron chi connectivity index (χ2n) is 5.29. The molecule has 2 aromatic rings. The van der Waals surface area contributed by atoms with E-state index in [0.717, 1.165) is 30.8 Å². The Bertz CT molecular complexity index is 576. The van der Waals surface area contributed by atoms with Gasteiger partial charge in [0.05, 0.1) is 12.1 Å². The van der Waals surface area contributed by atoms with Crippen LogP contribution in [0.5, 0.6) is 0 Å². The van der Waals surface area contributed by atoms with E-state index in [0.29, 0.717) is 12.0 Å². The summed E-state index contributed by atoms with van der Waals surface area (Å²) in [5.41, 5.74) is 3.46. The zero-order chi connectivity index (χ0) is 13.2. The molecule has 1 fully saturated rings. The lowest BCUT2D eigenvalue weighted by Crippen LogP contribution is -2.25. The number of aromatic nitrogens is 1. The first kappa shape index (κ1) is 12.6. The second-order valence-corrected chi connectivity index (χ2v) is 5.29. The number of hydrogen-bond acceptors (Lipinski definition) is 3. The van der Waals surface area contributed by atoms with Crippen molar-refractivity contribution in [1.29, 1.82) is 0 Å². The van der Waals surface area contributed by atoms with Crippen molar-refractivity contribution in [2.24, 2.45) is 5.92 Å². The number of benzene rings is 1. The average Bonchev–Trinajstić information content (AvgIpc) is 2.93. The Kier molecular flexibility index (Phi) is 3.49. The summed E-state index contributed by atoms with van der Waals surface area (Å²) in [5, 5.41) is 4.65. The van der Waals surface area contributed by atoms with Crippen molar-refractivity contribution < 1.29 is 4.74 Å². The number of ether oxygens (including phenoxy) is 1. The summed E-state index contributed by atoms with van der Waals surface area (Å²) in [6.45, 7) is 3.77. The smallest absolute Gasteiger partial charge is 0.0705 e. The third-order valence-corrected chi connectivity index (χ3v) is 3.96. The maximum absolute atomic E-state index is 5.51. The van der Waals surface area contributed by atoms with Crippen LogP contribution in [0.3, 0.4) is 0 Å². The van der Waals surface area contributed by atoms with Crippen LogP contribution in [0.2, 0.25) is 0 Å². The van der Waals surface area contributed by atoms with E-state index in [4.69, 9.17) is 4.74 Å². The molecule has 3 heteroatoms. The molecule has 3 rings (SSSR count). The molecule has 1 aromatic heterocycles. The number of fused-ring (bicyclic) bond motifs is 1. The molecule has 0 spiro atoms. The van der Waals surface area contributed by atoms with Crippen molar-refractivity contribution in [3.8, 4) is 0 Å². The van der Waals surface area contributed by atoms with E-state index in [9.17, 15) is 0 Å². The highest BCUT2D eigenvalue weighted by Crippen LogP contribution is 2.30. The summed E-state index contributed by atoms with van der Waals surface area (Å²) in [7, 11) is 2.03. The standard InChI is InChI=1S/C16H20N2O/c1-11-3-4-12-9-13(5-6-15(12)18-11)16(17-2)14-7-8-19-10-14/h3-6,9,14,16-17H,7-8,10H2,1-2H3. The molecule has 2 unspecified atom stereocenters.